The van der Waals surface area contributed by atoms with E-state index in [0.717, 1.165) is 10.6 Å². The molecule has 0 aliphatic heterocycles. The normalized spacial score (nSPS) is 14.7. The Balaban J connectivity index is 3.07. The summed E-state index contributed by atoms with van der Waals surface area (Å²) in [6, 6.07) is 4.73. The number of halogens is 1. The van der Waals surface area contributed by atoms with Gasteiger partial charge in [0.2, 0.25) is 0 Å². The maximum absolute atomic E-state index is 6.15. The molecule has 0 aromatic heterocycles. The molecule has 1 aromatic carbocycles. The third-order valence-electron chi connectivity index (χ3n) is 3.51. The molecule has 0 spiro atoms. The number of nitrogens with one attached hydrogen (secondary N) is 1. The molecular formula is C15H24ClN. The van der Waals surface area contributed by atoms with Crippen LogP contribution in [-0.4, -0.2) is 7.05 Å². The van der Waals surface area contributed by atoms with Crippen molar-refractivity contribution < 1.29 is 0 Å². The summed E-state index contributed by atoms with van der Waals surface area (Å²) in [5.41, 5.74) is 3.83. The fraction of sp³-hybridized carbons (Fsp3) is 0.600. The van der Waals surface area contributed by atoms with Gasteiger partial charge >= 0.3 is 0 Å². The van der Waals surface area contributed by atoms with Crippen LogP contribution in [0.15, 0.2) is 12.1 Å². The van der Waals surface area contributed by atoms with Crippen molar-refractivity contribution in [1.82, 2.24) is 5.32 Å². The zero-order valence-electron chi connectivity index (χ0n) is 11.6. The third kappa shape index (κ3) is 3.46. The first-order chi connectivity index (χ1) is 8.01. The van der Waals surface area contributed by atoms with Crippen LogP contribution in [0.1, 0.15) is 49.4 Å². The van der Waals surface area contributed by atoms with Crippen molar-refractivity contribution in [3.63, 3.8) is 0 Å². The van der Waals surface area contributed by atoms with Gasteiger partial charge in [-0.15, -0.1) is 0 Å². The number of benzene rings is 1. The highest BCUT2D eigenvalue weighted by Gasteiger charge is 2.19. The summed E-state index contributed by atoms with van der Waals surface area (Å²) in [5, 5.41) is 4.31. The molecule has 1 nitrogen and oxygen atoms in total. The van der Waals surface area contributed by atoms with Crippen LogP contribution in [0.2, 0.25) is 5.02 Å². The molecule has 2 heteroatoms. The van der Waals surface area contributed by atoms with E-state index in [1.54, 1.807) is 0 Å². The molecule has 0 fully saturated rings. The Bertz CT molecular complexity index is 373. The predicted molar refractivity (Wildman–Crippen MR) is 76.8 cm³/mol. The first kappa shape index (κ1) is 14.5. The Morgan fingerprint density at radius 1 is 1.24 bits per heavy atom. The van der Waals surface area contributed by atoms with Crippen LogP contribution in [-0.2, 0) is 0 Å². The van der Waals surface area contributed by atoms with Gasteiger partial charge in [0.25, 0.3) is 0 Å². The summed E-state index contributed by atoms with van der Waals surface area (Å²) < 4.78 is 0. The minimum absolute atomic E-state index is 0.422. The maximum Gasteiger partial charge on any atom is 0.0438 e. The van der Waals surface area contributed by atoms with E-state index in [-0.39, 0.29) is 0 Å². The summed E-state index contributed by atoms with van der Waals surface area (Å²) in [5.74, 6) is 0.643. The van der Waals surface area contributed by atoms with E-state index in [1.165, 1.54) is 24.0 Å². The van der Waals surface area contributed by atoms with E-state index < -0.39 is 0 Å². The number of hydrogen-bond donors (Lipinski definition) is 1. The number of rotatable bonds is 5. The van der Waals surface area contributed by atoms with E-state index in [0.29, 0.717) is 12.0 Å². The van der Waals surface area contributed by atoms with Crippen LogP contribution in [0.3, 0.4) is 0 Å². The lowest BCUT2D eigenvalue weighted by Crippen LogP contribution is -2.24. The van der Waals surface area contributed by atoms with Gasteiger partial charge in [-0.05, 0) is 56.0 Å². The summed E-state index contributed by atoms with van der Waals surface area (Å²) in [4.78, 5) is 0. The van der Waals surface area contributed by atoms with Crippen molar-refractivity contribution in [2.45, 2.75) is 46.6 Å². The molecule has 2 atom stereocenters. The number of aryl methyl sites for hydroxylation is 2. The zero-order chi connectivity index (χ0) is 13.0. The lowest BCUT2D eigenvalue weighted by Gasteiger charge is -2.26. The molecule has 17 heavy (non-hydrogen) atoms. The second kappa shape index (κ2) is 6.42. The second-order valence-electron chi connectivity index (χ2n) is 4.99. The molecule has 1 aromatic rings. The summed E-state index contributed by atoms with van der Waals surface area (Å²) >= 11 is 6.15. The molecule has 0 saturated heterocycles. The highest BCUT2D eigenvalue weighted by atomic mass is 35.5. The van der Waals surface area contributed by atoms with E-state index in [4.69, 9.17) is 11.6 Å². The predicted octanol–water partition coefficient (Wildman–Crippen LogP) is 4.65. The van der Waals surface area contributed by atoms with Gasteiger partial charge < -0.3 is 5.32 Å². The lowest BCUT2D eigenvalue weighted by atomic mass is 9.88. The van der Waals surface area contributed by atoms with E-state index in [9.17, 15) is 0 Å². The van der Waals surface area contributed by atoms with Crippen molar-refractivity contribution in [3.8, 4) is 0 Å². The van der Waals surface area contributed by atoms with E-state index in [1.807, 2.05) is 7.05 Å². The fourth-order valence-electron chi connectivity index (χ4n) is 2.51. The van der Waals surface area contributed by atoms with E-state index >= 15 is 0 Å². The largest absolute Gasteiger partial charge is 0.313 e. The minimum atomic E-state index is 0.422. The van der Waals surface area contributed by atoms with Crippen LogP contribution in [0, 0.1) is 19.8 Å². The molecule has 0 aliphatic rings. The van der Waals surface area contributed by atoms with Gasteiger partial charge in [-0.1, -0.05) is 37.9 Å². The average Bonchev–Trinajstić information content (AvgIpc) is 2.26. The molecule has 1 rings (SSSR count). The molecule has 0 saturated carbocycles. The van der Waals surface area contributed by atoms with E-state index in [2.05, 4.69) is 45.1 Å². The number of hydrogen-bond acceptors (Lipinski definition) is 1. The first-order valence-electron chi connectivity index (χ1n) is 6.45. The van der Waals surface area contributed by atoms with Crippen molar-refractivity contribution in [1.29, 1.82) is 0 Å². The SMILES string of the molecule is CCCC(C)C(NC)c1cc(C)c(Cl)cc1C. The molecule has 0 aliphatic carbocycles. The monoisotopic (exact) mass is 253 g/mol. The standard InChI is InChI=1S/C15H24ClN/c1-6-7-10(2)15(17-5)13-8-12(4)14(16)9-11(13)3/h8-10,15,17H,6-7H2,1-5H3. The Morgan fingerprint density at radius 2 is 1.88 bits per heavy atom. The van der Waals surface area contributed by atoms with Crippen molar-refractivity contribution in [3.05, 3.63) is 33.8 Å². The minimum Gasteiger partial charge on any atom is -0.313 e. The van der Waals surface area contributed by atoms with Crippen LogP contribution in [0.4, 0.5) is 0 Å². The maximum atomic E-state index is 6.15. The summed E-state index contributed by atoms with van der Waals surface area (Å²) in [7, 11) is 2.04. The molecule has 1 N–H and O–H groups in total. The lowest BCUT2D eigenvalue weighted by molar-refractivity contribution is 0.382. The molecule has 0 amide bonds. The first-order valence-corrected chi connectivity index (χ1v) is 6.83. The second-order valence-corrected chi connectivity index (χ2v) is 5.40. The van der Waals surface area contributed by atoms with Gasteiger partial charge in [0.15, 0.2) is 0 Å². The summed E-state index contributed by atoms with van der Waals surface area (Å²) in [6.07, 6.45) is 2.47. The van der Waals surface area contributed by atoms with Gasteiger partial charge in [0.05, 0.1) is 0 Å². The van der Waals surface area contributed by atoms with Crippen molar-refractivity contribution >= 4 is 11.6 Å². The van der Waals surface area contributed by atoms with Gasteiger partial charge in [-0.3, -0.25) is 0 Å². The van der Waals surface area contributed by atoms with Crippen LogP contribution < -0.4 is 5.32 Å². The third-order valence-corrected chi connectivity index (χ3v) is 3.91. The molecular weight excluding hydrogens is 230 g/mol. The van der Waals surface area contributed by atoms with Gasteiger partial charge in [-0.2, -0.15) is 0 Å². The van der Waals surface area contributed by atoms with Crippen LogP contribution in [0.5, 0.6) is 0 Å². The Morgan fingerprint density at radius 3 is 2.41 bits per heavy atom. The quantitative estimate of drug-likeness (QED) is 0.805. The molecule has 0 radical (unpaired) electrons. The Labute approximate surface area is 111 Å². The molecule has 0 heterocycles. The van der Waals surface area contributed by atoms with Gasteiger partial charge in [0, 0.05) is 11.1 Å². The summed E-state index contributed by atoms with van der Waals surface area (Å²) in [6.45, 7) is 8.77. The smallest absolute Gasteiger partial charge is 0.0438 e. The highest BCUT2D eigenvalue weighted by Crippen LogP contribution is 2.30. The molecule has 2 unspecified atom stereocenters. The molecule has 0 bridgehead atoms. The fourth-order valence-corrected chi connectivity index (χ4v) is 2.73. The Hall–Kier alpha value is -0.530. The topological polar surface area (TPSA) is 12.0 Å². The van der Waals surface area contributed by atoms with Crippen LogP contribution in [0.25, 0.3) is 0 Å². The highest BCUT2D eigenvalue weighted by molar-refractivity contribution is 6.31. The average molecular weight is 254 g/mol. The van der Waals surface area contributed by atoms with Crippen molar-refractivity contribution in [2.75, 3.05) is 7.05 Å². The van der Waals surface area contributed by atoms with Crippen LogP contribution >= 0.6 is 11.6 Å². The van der Waals surface area contributed by atoms with Gasteiger partial charge in [-0.25, -0.2) is 0 Å². The zero-order valence-corrected chi connectivity index (χ0v) is 12.4. The molecule has 96 valence electrons. The van der Waals surface area contributed by atoms with Gasteiger partial charge in [0.1, 0.15) is 0 Å². The van der Waals surface area contributed by atoms with Crippen molar-refractivity contribution in [2.24, 2.45) is 5.92 Å². The Kier molecular flexibility index (Phi) is 5.48.